The molecular formula is C16H13BrN4O2S. The molecule has 0 bridgehead atoms. The average Bonchev–Trinajstić information content (AvgIpc) is 3.06. The molecule has 2 heterocycles. The number of hydrogen-bond donors (Lipinski definition) is 1. The third-order valence-corrected chi connectivity index (χ3v) is 4.79. The van der Waals surface area contributed by atoms with E-state index < -0.39 is 0 Å². The molecule has 0 fully saturated rings. The first-order valence-corrected chi connectivity index (χ1v) is 8.82. The lowest BCUT2D eigenvalue weighted by molar-refractivity contribution is -0.113. The van der Waals surface area contributed by atoms with E-state index in [1.54, 1.807) is 24.5 Å². The molecule has 24 heavy (non-hydrogen) atoms. The smallest absolute Gasteiger partial charge is 0.277 e. The zero-order valence-electron chi connectivity index (χ0n) is 12.7. The lowest BCUT2D eigenvalue weighted by Gasteiger charge is -2.06. The Labute approximate surface area is 151 Å². The standard InChI is InChI=1S/C16H13BrN4O2S/c1-10-2-3-12(8-13(10)17)19-14(22)9-24-16-21-20-15(23-16)11-4-6-18-7-5-11/h2-8H,9H2,1H3,(H,19,22). The summed E-state index contributed by atoms with van der Waals surface area (Å²) in [5.74, 6) is 0.450. The van der Waals surface area contributed by atoms with Gasteiger partial charge in [0.25, 0.3) is 5.22 Å². The second kappa shape index (κ2) is 7.59. The molecule has 0 aliphatic carbocycles. The summed E-state index contributed by atoms with van der Waals surface area (Å²) in [6.45, 7) is 1.99. The van der Waals surface area contributed by atoms with E-state index in [1.165, 1.54) is 11.8 Å². The van der Waals surface area contributed by atoms with E-state index in [0.29, 0.717) is 11.1 Å². The van der Waals surface area contributed by atoms with Gasteiger partial charge in [0, 0.05) is 28.1 Å². The Morgan fingerprint density at radius 2 is 2.04 bits per heavy atom. The summed E-state index contributed by atoms with van der Waals surface area (Å²) in [5, 5.41) is 11.1. The first-order chi connectivity index (χ1) is 11.6. The molecule has 3 aromatic rings. The van der Waals surface area contributed by atoms with Crippen LogP contribution in [0.2, 0.25) is 0 Å². The molecule has 0 unspecified atom stereocenters. The van der Waals surface area contributed by atoms with Gasteiger partial charge in [0.1, 0.15) is 0 Å². The Morgan fingerprint density at radius 1 is 1.25 bits per heavy atom. The quantitative estimate of drug-likeness (QED) is 0.648. The van der Waals surface area contributed by atoms with Crippen LogP contribution in [0.4, 0.5) is 5.69 Å². The molecule has 1 amide bonds. The van der Waals surface area contributed by atoms with Gasteiger partial charge in [0.2, 0.25) is 11.8 Å². The van der Waals surface area contributed by atoms with Gasteiger partial charge in [-0.1, -0.05) is 33.8 Å². The van der Waals surface area contributed by atoms with E-state index in [-0.39, 0.29) is 11.7 Å². The van der Waals surface area contributed by atoms with Gasteiger partial charge in [-0.3, -0.25) is 9.78 Å². The second-order valence-corrected chi connectivity index (χ2v) is 6.69. The van der Waals surface area contributed by atoms with E-state index in [0.717, 1.165) is 21.3 Å². The van der Waals surface area contributed by atoms with Gasteiger partial charge in [-0.15, -0.1) is 10.2 Å². The van der Waals surface area contributed by atoms with E-state index in [2.05, 4.69) is 36.4 Å². The minimum atomic E-state index is -0.139. The summed E-state index contributed by atoms with van der Waals surface area (Å²) in [4.78, 5) is 16.0. The molecule has 122 valence electrons. The molecule has 3 rings (SSSR count). The number of halogens is 1. The van der Waals surface area contributed by atoms with Crippen molar-refractivity contribution in [3.05, 3.63) is 52.8 Å². The van der Waals surface area contributed by atoms with Crippen LogP contribution in [0.25, 0.3) is 11.5 Å². The first-order valence-electron chi connectivity index (χ1n) is 7.04. The zero-order chi connectivity index (χ0) is 16.9. The normalized spacial score (nSPS) is 10.6. The number of aromatic nitrogens is 3. The predicted octanol–water partition coefficient (Wildman–Crippen LogP) is 3.93. The number of anilines is 1. The molecule has 0 aliphatic rings. The fraction of sp³-hybridized carbons (Fsp3) is 0.125. The lowest BCUT2D eigenvalue weighted by atomic mass is 10.2. The van der Waals surface area contributed by atoms with Gasteiger partial charge in [-0.2, -0.15) is 0 Å². The number of thioether (sulfide) groups is 1. The van der Waals surface area contributed by atoms with Crippen molar-refractivity contribution in [2.24, 2.45) is 0 Å². The van der Waals surface area contributed by atoms with Crippen molar-refractivity contribution in [1.29, 1.82) is 0 Å². The lowest BCUT2D eigenvalue weighted by Crippen LogP contribution is -2.14. The number of benzene rings is 1. The van der Waals surface area contributed by atoms with Gasteiger partial charge >= 0.3 is 0 Å². The summed E-state index contributed by atoms with van der Waals surface area (Å²) in [6.07, 6.45) is 3.30. The number of aryl methyl sites for hydroxylation is 1. The van der Waals surface area contributed by atoms with Crippen molar-refractivity contribution in [3.8, 4) is 11.5 Å². The highest BCUT2D eigenvalue weighted by Crippen LogP contribution is 2.23. The molecule has 0 saturated carbocycles. The molecule has 0 spiro atoms. The summed E-state index contributed by atoms with van der Waals surface area (Å²) in [5.41, 5.74) is 2.64. The van der Waals surface area contributed by atoms with Gasteiger partial charge < -0.3 is 9.73 Å². The monoisotopic (exact) mass is 404 g/mol. The molecule has 0 atom stereocenters. The largest absolute Gasteiger partial charge is 0.411 e. The number of rotatable bonds is 5. The first kappa shape index (κ1) is 16.7. The maximum atomic E-state index is 12.0. The van der Waals surface area contributed by atoms with Crippen molar-refractivity contribution in [2.75, 3.05) is 11.1 Å². The number of carbonyl (C=O) groups is 1. The molecule has 1 N–H and O–H groups in total. The van der Waals surface area contributed by atoms with Crippen LogP contribution in [0.3, 0.4) is 0 Å². The molecule has 2 aromatic heterocycles. The van der Waals surface area contributed by atoms with Crippen molar-refractivity contribution in [1.82, 2.24) is 15.2 Å². The van der Waals surface area contributed by atoms with E-state index in [1.807, 2.05) is 25.1 Å². The molecule has 0 aliphatic heterocycles. The summed E-state index contributed by atoms with van der Waals surface area (Å²) in [6, 6.07) is 9.22. The summed E-state index contributed by atoms with van der Waals surface area (Å²) in [7, 11) is 0. The molecule has 1 aromatic carbocycles. The van der Waals surface area contributed by atoms with Gasteiger partial charge in [-0.25, -0.2) is 0 Å². The van der Waals surface area contributed by atoms with Gasteiger partial charge in [-0.05, 0) is 36.8 Å². The van der Waals surface area contributed by atoms with Crippen molar-refractivity contribution < 1.29 is 9.21 Å². The maximum Gasteiger partial charge on any atom is 0.277 e. The van der Waals surface area contributed by atoms with Crippen molar-refractivity contribution in [3.63, 3.8) is 0 Å². The Morgan fingerprint density at radius 3 is 2.79 bits per heavy atom. The SMILES string of the molecule is Cc1ccc(NC(=O)CSc2nnc(-c3ccncc3)o2)cc1Br. The highest BCUT2D eigenvalue weighted by atomic mass is 79.9. The minimum absolute atomic E-state index is 0.139. The number of carbonyl (C=O) groups excluding carboxylic acids is 1. The average molecular weight is 405 g/mol. The number of pyridine rings is 1. The number of nitrogens with one attached hydrogen (secondary N) is 1. The fourth-order valence-electron chi connectivity index (χ4n) is 1.87. The third-order valence-electron chi connectivity index (χ3n) is 3.12. The molecule has 0 radical (unpaired) electrons. The van der Waals surface area contributed by atoms with Crippen molar-refractivity contribution >= 4 is 39.3 Å². The van der Waals surface area contributed by atoms with E-state index in [4.69, 9.17) is 4.42 Å². The third kappa shape index (κ3) is 4.21. The van der Waals surface area contributed by atoms with Crippen LogP contribution in [0.5, 0.6) is 0 Å². The molecule has 0 saturated heterocycles. The Kier molecular flexibility index (Phi) is 5.27. The van der Waals surface area contributed by atoms with Crippen LogP contribution in [-0.4, -0.2) is 26.8 Å². The predicted molar refractivity (Wildman–Crippen MR) is 95.8 cm³/mol. The maximum absolute atomic E-state index is 12.0. The fourth-order valence-corrected chi connectivity index (χ4v) is 2.82. The number of hydrogen-bond acceptors (Lipinski definition) is 6. The molecule has 8 heteroatoms. The molecule has 6 nitrogen and oxygen atoms in total. The Bertz CT molecular complexity index is 854. The van der Waals surface area contributed by atoms with Crippen molar-refractivity contribution in [2.45, 2.75) is 12.1 Å². The Balaban J connectivity index is 1.56. The van der Waals surface area contributed by atoms with Crippen LogP contribution in [0, 0.1) is 6.92 Å². The van der Waals surface area contributed by atoms with Gasteiger partial charge in [0.15, 0.2) is 0 Å². The van der Waals surface area contributed by atoms with Gasteiger partial charge in [0.05, 0.1) is 5.75 Å². The number of nitrogens with zero attached hydrogens (tertiary/aromatic N) is 3. The Hall–Kier alpha value is -2.19. The number of amides is 1. The van der Waals surface area contributed by atoms with E-state index in [9.17, 15) is 4.79 Å². The summed E-state index contributed by atoms with van der Waals surface area (Å²) >= 11 is 4.63. The minimum Gasteiger partial charge on any atom is -0.411 e. The topological polar surface area (TPSA) is 80.9 Å². The highest BCUT2D eigenvalue weighted by molar-refractivity contribution is 9.10. The second-order valence-electron chi connectivity index (χ2n) is 4.91. The van der Waals surface area contributed by atoms with E-state index >= 15 is 0 Å². The van der Waals surface area contributed by atoms with Crippen LogP contribution in [0.1, 0.15) is 5.56 Å². The zero-order valence-corrected chi connectivity index (χ0v) is 15.1. The van der Waals surface area contributed by atoms with Crippen LogP contribution >= 0.6 is 27.7 Å². The summed E-state index contributed by atoms with van der Waals surface area (Å²) < 4.78 is 6.48. The van der Waals surface area contributed by atoms with Crippen LogP contribution < -0.4 is 5.32 Å². The molecular weight excluding hydrogens is 392 g/mol. The highest BCUT2D eigenvalue weighted by Gasteiger charge is 2.11. The van der Waals surface area contributed by atoms with Crippen LogP contribution in [-0.2, 0) is 4.79 Å². The van der Waals surface area contributed by atoms with Crippen LogP contribution in [0.15, 0.2) is 56.8 Å².